The van der Waals surface area contributed by atoms with Gasteiger partial charge in [0.15, 0.2) is 0 Å². The highest BCUT2D eigenvalue weighted by Crippen LogP contribution is 2.46. The van der Waals surface area contributed by atoms with Gasteiger partial charge in [-0.15, -0.1) is 0 Å². The minimum atomic E-state index is -0.336. The quantitative estimate of drug-likeness (QED) is 0.427. The largest absolute Gasteiger partial charge is 0.354 e. The van der Waals surface area contributed by atoms with E-state index in [0.717, 1.165) is 65.4 Å². The molecule has 0 amide bonds. The summed E-state index contributed by atoms with van der Waals surface area (Å²) in [4.78, 5) is 18.0. The molecular weight excluding hydrogens is 364 g/mol. The fourth-order valence-electron chi connectivity index (χ4n) is 4.18. The lowest BCUT2D eigenvalue weighted by molar-refractivity contribution is -0.384. The topological polar surface area (TPSA) is 71.3 Å². The number of nitrogens with zero attached hydrogens (tertiary/aromatic N) is 3. The Balaban J connectivity index is 1.68. The van der Waals surface area contributed by atoms with Crippen LogP contribution in [0.25, 0.3) is 22.8 Å². The van der Waals surface area contributed by atoms with Crippen molar-refractivity contribution in [2.24, 2.45) is 0 Å². The van der Waals surface area contributed by atoms with Crippen molar-refractivity contribution < 1.29 is 4.92 Å². The van der Waals surface area contributed by atoms with E-state index in [0.29, 0.717) is 0 Å². The third kappa shape index (κ3) is 3.07. The van der Waals surface area contributed by atoms with Gasteiger partial charge in [-0.3, -0.25) is 10.1 Å². The zero-order chi connectivity index (χ0) is 19.8. The number of nitrogens with one attached hydrogen (secondary N) is 1. The zero-order valence-electron chi connectivity index (χ0n) is 15.8. The van der Waals surface area contributed by atoms with Crippen LogP contribution >= 0.6 is 0 Å². The van der Waals surface area contributed by atoms with Gasteiger partial charge in [-0.25, -0.2) is 4.98 Å². The predicted octanol–water partition coefficient (Wildman–Crippen LogP) is 3.97. The number of rotatable bonds is 3. The van der Waals surface area contributed by atoms with Crippen molar-refractivity contribution >= 4 is 23.2 Å². The number of hydrogen-bond donors (Lipinski definition) is 1. The first-order valence-electron chi connectivity index (χ1n) is 9.73. The number of non-ortho nitro benzene ring substituents is 1. The SMILES string of the molecule is O=[N+]([O-])c1ccc2c(c1)C(=Cc1cccnc1N1CCNCC1)c1ccccc1-2. The maximum Gasteiger partial charge on any atom is 0.270 e. The zero-order valence-corrected chi connectivity index (χ0v) is 15.8. The first-order chi connectivity index (χ1) is 14.2. The maximum absolute atomic E-state index is 11.4. The normalized spacial score (nSPS) is 16.6. The summed E-state index contributed by atoms with van der Waals surface area (Å²) in [5, 5.41) is 14.7. The van der Waals surface area contributed by atoms with Crippen molar-refractivity contribution in [3.05, 3.63) is 87.6 Å². The lowest BCUT2D eigenvalue weighted by Gasteiger charge is -2.29. The molecule has 144 valence electrons. The van der Waals surface area contributed by atoms with E-state index < -0.39 is 0 Å². The van der Waals surface area contributed by atoms with Gasteiger partial charge in [-0.05, 0) is 52.1 Å². The number of anilines is 1. The standard InChI is InChI=1S/C23H20N4O2/c28-27(29)17-7-8-20-18-5-1-2-6-19(18)21(22(20)15-17)14-16-4-3-9-25-23(16)26-12-10-24-11-13-26/h1-9,14-15,24H,10-13H2. The second kappa shape index (κ2) is 7.14. The molecule has 0 saturated carbocycles. The molecule has 0 unspecified atom stereocenters. The summed E-state index contributed by atoms with van der Waals surface area (Å²) in [6.07, 6.45) is 3.94. The van der Waals surface area contributed by atoms with E-state index in [1.807, 2.05) is 30.5 Å². The summed E-state index contributed by atoms with van der Waals surface area (Å²) >= 11 is 0. The third-order valence-corrected chi connectivity index (χ3v) is 5.54. The fourth-order valence-corrected chi connectivity index (χ4v) is 4.18. The highest BCUT2D eigenvalue weighted by molar-refractivity contribution is 6.07. The van der Waals surface area contributed by atoms with Gasteiger partial charge in [-0.2, -0.15) is 0 Å². The van der Waals surface area contributed by atoms with Crippen LogP contribution in [0.5, 0.6) is 0 Å². The van der Waals surface area contributed by atoms with Crippen LogP contribution in [0.1, 0.15) is 16.7 Å². The molecule has 1 aliphatic heterocycles. The van der Waals surface area contributed by atoms with Crippen molar-refractivity contribution in [3.63, 3.8) is 0 Å². The van der Waals surface area contributed by atoms with Crippen LogP contribution in [0.2, 0.25) is 0 Å². The van der Waals surface area contributed by atoms with Gasteiger partial charge in [0.2, 0.25) is 0 Å². The molecule has 2 aliphatic rings. The van der Waals surface area contributed by atoms with Gasteiger partial charge >= 0.3 is 0 Å². The average molecular weight is 384 g/mol. The van der Waals surface area contributed by atoms with Crippen LogP contribution in [0.3, 0.4) is 0 Å². The second-order valence-corrected chi connectivity index (χ2v) is 7.24. The molecule has 0 bridgehead atoms. The summed E-state index contributed by atoms with van der Waals surface area (Å²) < 4.78 is 0. The Labute approximate surface area is 168 Å². The Morgan fingerprint density at radius 2 is 1.72 bits per heavy atom. The van der Waals surface area contributed by atoms with E-state index in [2.05, 4.69) is 39.5 Å². The number of nitro benzene ring substituents is 1. The smallest absolute Gasteiger partial charge is 0.270 e. The van der Waals surface area contributed by atoms with E-state index in [4.69, 9.17) is 0 Å². The molecule has 1 aliphatic carbocycles. The van der Waals surface area contributed by atoms with E-state index in [9.17, 15) is 10.1 Å². The number of aromatic nitrogens is 1. The Hall–Kier alpha value is -3.51. The molecule has 29 heavy (non-hydrogen) atoms. The van der Waals surface area contributed by atoms with E-state index in [-0.39, 0.29) is 10.6 Å². The van der Waals surface area contributed by atoms with Gasteiger partial charge in [0.1, 0.15) is 5.82 Å². The number of pyridine rings is 1. The minimum Gasteiger partial charge on any atom is -0.354 e. The molecule has 3 aromatic rings. The predicted molar refractivity (Wildman–Crippen MR) is 115 cm³/mol. The van der Waals surface area contributed by atoms with Gasteiger partial charge in [0.25, 0.3) is 5.69 Å². The fraction of sp³-hybridized carbons (Fsp3) is 0.174. The van der Waals surface area contributed by atoms with Crippen LogP contribution in [0, 0.1) is 10.1 Å². The summed E-state index contributed by atoms with van der Waals surface area (Å²) in [6.45, 7) is 3.69. The first-order valence-corrected chi connectivity index (χ1v) is 9.73. The van der Waals surface area contributed by atoms with Crippen LogP contribution in [0.15, 0.2) is 60.8 Å². The van der Waals surface area contributed by atoms with Crippen LogP contribution in [0.4, 0.5) is 11.5 Å². The Bertz CT molecular complexity index is 1130. The van der Waals surface area contributed by atoms with Crippen LogP contribution < -0.4 is 10.2 Å². The van der Waals surface area contributed by atoms with Crippen LogP contribution in [-0.4, -0.2) is 36.1 Å². The first kappa shape index (κ1) is 17.6. The maximum atomic E-state index is 11.4. The molecule has 0 spiro atoms. The van der Waals surface area contributed by atoms with Gasteiger partial charge in [-0.1, -0.05) is 24.3 Å². The van der Waals surface area contributed by atoms with Gasteiger partial charge < -0.3 is 10.2 Å². The van der Waals surface area contributed by atoms with Gasteiger partial charge in [0, 0.05) is 50.1 Å². The number of piperazine rings is 1. The summed E-state index contributed by atoms with van der Waals surface area (Å²) in [5.41, 5.74) is 6.27. The number of benzene rings is 2. The minimum absolute atomic E-state index is 0.107. The molecule has 0 atom stereocenters. The Morgan fingerprint density at radius 1 is 0.966 bits per heavy atom. The van der Waals surface area contributed by atoms with E-state index in [1.54, 1.807) is 12.1 Å². The highest BCUT2D eigenvalue weighted by Gasteiger charge is 2.26. The highest BCUT2D eigenvalue weighted by atomic mass is 16.6. The number of hydrogen-bond acceptors (Lipinski definition) is 5. The summed E-state index contributed by atoms with van der Waals surface area (Å²) in [7, 11) is 0. The average Bonchev–Trinajstić information content (AvgIpc) is 3.08. The van der Waals surface area contributed by atoms with E-state index >= 15 is 0 Å². The molecule has 2 heterocycles. The lowest BCUT2D eigenvalue weighted by atomic mass is 10.0. The van der Waals surface area contributed by atoms with Crippen molar-refractivity contribution in [1.29, 1.82) is 0 Å². The van der Waals surface area contributed by atoms with Crippen molar-refractivity contribution in [2.45, 2.75) is 0 Å². The molecule has 1 saturated heterocycles. The van der Waals surface area contributed by atoms with E-state index in [1.165, 1.54) is 0 Å². The molecule has 5 rings (SSSR count). The van der Waals surface area contributed by atoms with Gasteiger partial charge in [0.05, 0.1) is 4.92 Å². The Morgan fingerprint density at radius 3 is 2.52 bits per heavy atom. The summed E-state index contributed by atoms with van der Waals surface area (Å²) in [5.74, 6) is 0.956. The monoisotopic (exact) mass is 384 g/mol. The molecule has 6 nitrogen and oxygen atoms in total. The molecule has 0 radical (unpaired) electrons. The molecule has 1 fully saturated rings. The van der Waals surface area contributed by atoms with Crippen molar-refractivity contribution in [2.75, 3.05) is 31.1 Å². The van der Waals surface area contributed by atoms with Crippen molar-refractivity contribution in [1.82, 2.24) is 10.3 Å². The number of fused-ring (bicyclic) bond motifs is 3. The molecule has 6 heteroatoms. The van der Waals surface area contributed by atoms with Crippen LogP contribution in [-0.2, 0) is 0 Å². The van der Waals surface area contributed by atoms with Crippen molar-refractivity contribution in [3.8, 4) is 11.1 Å². The lowest BCUT2D eigenvalue weighted by Crippen LogP contribution is -2.44. The Kier molecular flexibility index (Phi) is 4.33. The second-order valence-electron chi connectivity index (χ2n) is 7.24. The third-order valence-electron chi connectivity index (χ3n) is 5.54. The molecule has 2 aromatic carbocycles. The number of nitro groups is 1. The summed E-state index contributed by atoms with van der Waals surface area (Å²) in [6, 6.07) is 17.3. The molecular formula is C23H20N4O2. The molecule has 1 aromatic heterocycles. The molecule has 1 N–H and O–H groups in total.